The van der Waals surface area contributed by atoms with E-state index in [4.69, 9.17) is 0 Å². The predicted molar refractivity (Wildman–Crippen MR) is 77.7 cm³/mol. The lowest BCUT2D eigenvalue weighted by Crippen LogP contribution is -2.43. The number of aliphatic hydroxyl groups is 1. The van der Waals surface area contributed by atoms with Crippen molar-refractivity contribution >= 4 is 11.8 Å². The van der Waals surface area contributed by atoms with Crippen molar-refractivity contribution in [3.8, 4) is 0 Å². The molecule has 102 valence electrons. The van der Waals surface area contributed by atoms with Gasteiger partial charge in [0, 0.05) is 12.6 Å². The van der Waals surface area contributed by atoms with Crippen LogP contribution in [-0.2, 0) is 0 Å². The molecule has 2 nitrogen and oxygen atoms in total. The summed E-state index contributed by atoms with van der Waals surface area (Å²) in [7, 11) is 0. The predicted octanol–water partition coefficient (Wildman–Crippen LogP) is 3.19. The molecule has 0 aliphatic heterocycles. The van der Waals surface area contributed by atoms with Crippen molar-refractivity contribution in [2.24, 2.45) is 0 Å². The summed E-state index contributed by atoms with van der Waals surface area (Å²) < 4.78 is 0. The topological polar surface area (TPSA) is 32.3 Å². The first kappa shape index (κ1) is 15.3. The number of hydrogen-bond acceptors (Lipinski definition) is 3. The van der Waals surface area contributed by atoms with Gasteiger partial charge in [0.15, 0.2) is 0 Å². The van der Waals surface area contributed by atoms with Gasteiger partial charge in [-0.05, 0) is 37.7 Å². The molecule has 1 rings (SSSR count). The third kappa shape index (κ3) is 6.68. The highest BCUT2D eigenvalue weighted by atomic mass is 32.2. The lowest BCUT2D eigenvalue weighted by Gasteiger charge is -2.28. The summed E-state index contributed by atoms with van der Waals surface area (Å²) in [4.78, 5) is 0. The molecule has 0 radical (unpaired) electrons. The van der Waals surface area contributed by atoms with Crippen LogP contribution < -0.4 is 5.32 Å². The second-order valence-electron chi connectivity index (χ2n) is 5.41. The molecule has 2 N–H and O–H groups in total. The molecule has 0 spiro atoms. The van der Waals surface area contributed by atoms with Gasteiger partial charge in [0.25, 0.3) is 0 Å². The second kappa shape index (κ2) is 8.39. The van der Waals surface area contributed by atoms with Gasteiger partial charge in [-0.3, -0.25) is 0 Å². The van der Waals surface area contributed by atoms with Gasteiger partial charge in [-0.2, -0.15) is 11.8 Å². The number of hydrogen-bond donors (Lipinski definition) is 2. The van der Waals surface area contributed by atoms with E-state index in [0.717, 1.165) is 19.4 Å². The van der Waals surface area contributed by atoms with Crippen molar-refractivity contribution in [2.45, 2.75) is 70.4 Å². The molecule has 1 aliphatic carbocycles. The van der Waals surface area contributed by atoms with E-state index in [0.29, 0.717) is 6.04 Å². The lowest BCUT2D eigenvalue weighted by molar-refractivity contribution is 0.0231. The second-order valence-corrected chi connectivity index (χ2v) is 6.80. The van der Waals surface area contributed by atoms with Gasteiger partial charge >= 0.3 is 0 Å². The van der Waals surface area contributed by atoms with Gasteiger partial charge in [-0.1, -0.05) is 32.6 Å². The average molecular weight is 259 g/mol. The van der Waals surface area contributed by atoms with E-state index >= 15 is 0 Å². The van der Waals surface area contributed by atoms with Gasteiger partial charge in [0.2, 0.25) is 0 Å². The minimum atomic E-state index is -0.428. The fourth-order valence-electron chi connectivity index (χ4n) is 2.43. The third-order valence-corrected chi connectivity index (χ3v) is 4.65. The minimum Gasteiger partial charge on any atom is -0.389 e. The van der Waals surface area contributed by atoms with Gasteiger partial charge in [0.1, 0.15) is 0 Å². The highest BCUT2D eigenvalue weighted by Crippen LogP contribution is 2.26. The van der Waals surface area contributed by atoms with E-state index in [2.05, 4.69) is 19.2 Å². The lowest BCUT2D eigenvalue weighted by atomic mass is 9.94. The summed E-state index contributed by atoms with van der Waals surface area (Å²) >= 11 is 2.00. The van der Waals surface area contributed by atoms with Crippen LogP contribution in [0.15, 0.2) is 0 Å². The molecule has 1 fully saturated rings. The molecule has 0 bridgehead atoms. The van der Waals surface area contributed by atoms with E-state index in [9.17, 15) is 5.11 Å². The molecule has 0 amide bonds. The van der Waals surface area contributed by atoms with E-state index < -0.39 is 5.60 Å². The Morgan fingerprint density at radius 2 is 1.88 bits per heavy atom. The van der Waals surface area contributed by atoms with E-state index in [-0.39, 0.29) is 0 Å². The Morgan fingerprint density at radius 1 is 1.24 bits per heavy atom. The molecule has 1 aliphatic rings. The Hall–Kier alpha value is 0.270. The number of thioether (sulfide) groups is 1. The standard InChI is InChI=1S/C14H29NOS/c1-3-17-11-8-13(2)15-12-14(16)9-6-4-5-7-10-14/h13,15-16H,3-12H2,1-2H3. The molecule has 0 saturated heterocycles. The normalized spacial score (nSPS) is 22.1. The van der Waals surface area contributed by atoms with E-state index in [1.54, 1.807) is 0 Å². The Labute approximate surface area is 111 Å². The first-order valence-corrected chi connectivity index (χ1v) is 8.35. The first-order chi connectivity index (χ1) is 8.16. The van der Waals surface area contributed by atoms with Crippen LogP contribution in [0.5, 0.6) is 0 Å². The average Bonchev–Trinajstić information content (AvgIpc) is 2.53. The summed E-state index contributed by atoms with van der Waals surface area (Å²) in [6.45, 7) is 5.22. The minimum absolute atomic E-state index is 0.428. The van der Waals surface area contributed by atoms with E-state index in [1.807, 2.05) is 11.8 Å². The third-order valence-electron chi connectivity index (χ3n) is 3.71. The van der Waals surface area contributed by atoms with Crippen LogP contribution in [-0.4, -0.2) is 34.8 Å². The fourth-order valence-corrected chi connectivity index (χ4v) is 3.24. The van der Waals surface area contributed by atoms with Crippen LogP contribution in [0, 0.1) is 0 Å². The molecule has 0 aromatic carbocycles. The van der Waals surface area contributed by atoms with Crippen LogP contribution in [0.1, 0.15) is 58.8 Å². The highest BCUT2D eigenvalue weighted by Gasteiger charge is 2.27. The van der Waals surface area contributed by atoms with Gasteiger partial charge in [-0.25, -0.2) is 0 Å². The molecular formula is C14H29NOS. The van der Waals surface area contributed by atoms with Crippen LogP contribution in [0.25, 0.3) is 0 Å². The first-order valence-electron chi connectivity index (χ1n) is 7.20. The van der Waals surface area contributed by atoms with Crippen LogP contribution >= 0.6 is 11.8 Å². The maximum atomic E-state index is 10.5. The molecule has 0 heterocycles. The quantitative estimate of drug-likeness (QED) is 0.544. The smallest absolute Gasteiger partial charge is 0.0771 e. The molecule has 0 aromatic rings. The van der Waals surface area contributed by atoms with Crippen molar-refractivity contribution in [3.63, 3.8) is 0 Å². The fraction of sp³-hybridized carbons (Fsp3) is 1.00. The summed E-state index contributed by atoms with van der Waals surface area (Å²) in [5.41, 5.74) is -0.428. The van der Waals surface area contributed by atoms with E-state index in [1.165, 1.54) is 43.6 Å². The molecule has 17 heavy (non-hydrogen) atoms. The molecule has 1 unspecified atom stereocenters. The SMILES string of the molecule is CCSCCC(C)NCC1(O)CCCCCC1. The van der Waals surface area contributed by atoms with Crippen molar-refractivity contribution in [1.29, 1.82) is 0 Å². The monoisotopic (exact) mass is 259 g/mol. The Bertz CT molecular complexity index is 191. The molecule has 0 aromatic heterocycles. The number of nitrogens with one attached hydrogen (secondary N) is 1. The van der Waals surface area contributed by atoms with Gasteiger partial charge in [-0.15, -0.1) is 0 Å². The Balaban J connectivity index is 2.18. The molecule has 1 atom stereocenters. The zero-order valence-corrected chi connectivity index (χ0v) is 12.3. The zero-order chi connectivity index (χ0) is 12.6. The van der Waals surface area contributed by atoms with Crippen molar-refractivity contribution in [3.05, 3.63) is 0 Å². The highest BCUT2D eigenvalue weighted by molar-refractivity contribution is 7.99. The maximum Gasteiger partial charge on any atom is 0.0771 e. The molecule has 3 heteroatoms. The Morgan fingerprint density at radius 3 is 2.47 bits per heavy atom. The summed E-state index contributed by atoms with van der Waals surface area (Å²) in [6.07, 6.45) is 8.15. The van der Waals surface area contributed by atoms with Crippen LogP contribution in [0.4, 0.5) is 0 Å². The van der Waals surface area contributed by atoms with Gasteiger partial charge in [0.05, 0.1) is 5.60 Å². The number of rotatable bonds is 7. The van der Waals surface area contributed by atoms with Crippen molar-refractivity contribution < 1.29 is 5.11 Å². The zero-order valence-electron chi connectivity index (χ0n) is 11.5. The maximum absolute atomic E-state index is 10.5. The van der Waals surface area contributed by atoms with Crippen LogP contribution in [0.3, 0.4) is 0 Å². The molecule has 1 saturated carbocycles. The summed E-state index contributed by atoms with van der Waals surface area (Å²) in [6, 6.07) is 0.529. The summed E-state index contributed by atoms with van der Waals surface area (Å²) in [5, 5.41) is 14.0. The van der Waals surface area contributed by atoms with Gasteiger partial charge < -0.3 is 10.4 Å². The molecular weight excluding hydrogens is 230 g/mol. The largest absolute Gasteiger partial charge is 0.389 e. The Kier molecular flexibility index (Phi) is 7.56. The van der Waals surface area contributed by atoms with Crippen molar-refractivity contribution in [2.75, 3.05) is 18.1 Å². The summed E-state index contributed by atoms with van der Waals surface area (Å²) in [5.74, 6) is 2.43. The van der Waals surface area contributed by atoms with Crippen LogP contribution in [0.2, 0.25) is 0 Å². The van der Waals surface area contributed by atoms with Crippen molar-refractivity contribution in [1.82, 2.24) is 5.32 Å².